The molecule has 2 heterocycles. The largest absolute Gasteiger partial charge is 0.371 e. The second-order valence-corrected chi connectivity index (χ2v) is 9.71. The van der Waals surface area contributed by atoms with Gasteiger partial charge in [-0.1, -0.05) is 31.9 Å². The van der Waals surface area contributed by atoms with Crippen molar-refractivity contribution in [2.75, 3.05) is 36.0 Å². The molecule has 2 saturated heterocycles. The van der Waals surface area contributed by atoms with Gasteiger partial charge in [0.2, 0.25) is 0 Å². The van der Waals surface area contributed by atoms with Gasteiger partial charge in [-0.15, -0.1) is 0 Å². The standard InChI is InChI=1S/C23H26Br2N2O/c24-19-1-5-21(6-2-19)26-13-9-17(10-14-26)23(28)18-11-15-27(16-12-18)22-7-3-20(25)4-8-22/h1-8,17-18H,9-16H2. The van der Waals surface area contributed by atoms with Gasteiger partial charge in [-0.2, -0.15) is 0 Å². The van der Waals surface area contributed by atoms with Gasteiger partial charge in [0.15, 0.2) is 0 Å². The minimum absolute atomic E-state index is 0.246. The van der Waals surface area contributed by atoms with Crippen molar-refractivity contribution in [1.82, 2.24) is 0 Å². The molecule has 2 fully saturated rings. The van der Waals surface area contributed by atoms with Gasteiger partial charge < -0.3 is 9.80 Å². The molecule has 3 nitrogen and oxygen atoms in total. The molecule has 2 aliphatic heterocycles. The van der Waals surface area contributed by atoms with E-state index < -0.39 is 0 Å². The molecule has 0 N–H and O–H groups in total. The molecule has 0 bridgehead atoms. The molecular weight excluding hydrogens is 480 g/mol. The lowest BCUT2D eigenvalue weighted by atomic mass is 9.81. The average Bonchev–Trinajstić information content (AvgIpc) is 2.75. The lowest BCUT2D eigenvalue weighted by molar-refractivity contribution is -0.128. The predicted molar refractivity (Wildman–Crippen MR) is 123 cm³/mol. The minimum atomic E-state index is 0.246. The van der Waals surface area contributed by atoms with E-state index in [1.165, 1.54) is 11.4 Å². The smallest absolute Gasteiger partial charge is 0.139 e. The first kappa shape index (κ1) is 20.0. The van der Waals surface area contributed by atoms with Crippen molar-refractivity contribution < 1.29 is 4.79 Å². The Morgan fingerprint density at radius 3 is 1.29 bits per heavy atom. The van der Waals surface area contributed by atoms with Crippen molar-refractivity contribution >= 4 is 49.0 Å². The van der Waals surface area contributed by atoms with E-state index in [-0.39, 0.29) is 11.8 Å². The van der Waals surface area contributed by atoms with Crippen LogP contribution in [0.25, 0.3) is 0 Å². The number of hydrogen-bond acceptors (Lipinski definition) is 3. The molecule has 2 aliphatic rings. The first-order valence-electron chi connectivity index (χ1n) is 10.1. The van der Waals surface area contributed by atoms with Crippen molar-refractivity contribution in [3.05, 3.63) is 57.5 Å². The van der Waals surface area contributed by atoms with Crippen LogP contribution in [0.5, 0.6) is 0 Å². The van der Waals surface area contributed by atoms with Crippen LogP contribution >= 0.6 is 31.9 Å². The predicted octanol–water partition coefficient (Wildman–Crippen LogP) is 5.91. The second kappa shape index (κ2) is 9.00. The van der Waals surface area contributed by atoms with Crippen LogP contribution < -0.4 is 9.80 Å². The summed E-state index contributed by atoms with van der Waals surface area (Å²) in [5.41, 5.74) is 2.52. The number of carbonyl (C=O) groups excluding carboxylic acids is 1. The van der Waals surface area contributed by atoms with E-state index in [1.54, 1.807) is 0 Å². The van der Waals surface area contributed by atoms with Crippen LogP contribution in [0.4, 0.5) is 11.4 Å². The molecule has 0 radical (unpaired) electrons. The molecule has 2 aromatic carbocycles. The number of halogens is 2. The summed E-state index contributed by atoms with van der Waals surface area (Å²) in [4.78, 5) is 17.9. The molecule has 0 aliphatic carbocycles. The molecule has 148 valence electrons. The third-order valence-corrected chi connectivity index (χ3v) is 7.24. The Labute approximate surface area is 184 Å². The number of benzene rings is 2. The summed E-state index contributed by atoms with van der Waals surface area (Å²) < 4.78 is 2.21. The van der Waals surface area contributed by atoms with E-state index in [0.29, 0.717) is 5.78 Å². The number of hydrogen-bond donors (Lipinski definition) is 0. The van der Waals surface area contributed by atoms with E-state index in [9.17, 15) is 4.79 Å². The summed E-state index contributed by atoms with van der Waals surface area (Å²) in [6.45, 7) is 3.93. The van der Waals surface area contributed by atoms with E-state index in [4.69, 9.17) is 0 Å². The third kappa shape index (κ3) is 4.62. The number of anilines is 2. The normalized spacial score (nSPS) is 19.1. The van der Waals surface area contributed by atoms with Crippen LogP contribution in [0.3, 0.4) is 0 Å². The Kier molecular flexibility index (Phi) is 6.42. The van der Waals surface area contributed by atoms with Crippen molar-refractivity contribution in [1.29, 1.82) is 0 Å². The number of carbonyl (C=O) groups is 1. The number of piperidine rings is 2. The number of Topliss-reactive ketones (excluding diaryl/α,β-unsaturated/α-hetero) is 1. The highest BCUT2D eigenvalue weighted by molar-refractivity contribution is 9.10. The zero-order valence-corrected chi connectivity index (χ0v) is 19.2. The third-order valence-electron chi connectivity index (χ3n) is 6.18. The molecule has 0 unspecified atom stereocenters. The Balaban J connectivity index is 1.28. The fourth-order valence-electron chi connectivity index (χ4n) is 4.48. The number of rotatable bonds is 4. The van der Waals surface area contributed by atoms with Gasteiger partial charge >= 0.3 is 0 Å². The molecule has 28 heavy (non-hydrogen) atoms. The molecule has 0 aromatic heterocycles. The Bertz CT molecular complexity index is 723. The van der Waals surface area contributed by atoms with Gasteiger partial charge in [0, 0.05) is 58.3 Å². The Hall–Kier alpha value is -1.33. The summed E-state index contributed by atoms with van der Waals surface area (Å²) in [5.74, 6) is 1.01. The maximum atomic E-state index is 13.1. The number of ketones is 1. The quantitative estimate of drug-likeness (QED) is 0.515. The molecule has 0 amide bonds. The van der Waals surface area contributed by atoms with Gasteiger partial charge in [0.05, 0.1) is 0 Å². The van der Waals surface area contributed by atoms with E-state index in [1.807, 2.05) is 0 Å². The SMILES string of the molecule is O=C(C1CCN(c2ccc(Br)cc2)CC1)C1CCN(c2ccc(Br)cc2)CC1. The molecule has 0 saturated carbocycles. The molecule has 5 heteroatoms. The van der Waals surface area contributed by atoms with Crippen LogP contribution in [0, 0.1) is 11.8 Å². The highest BCUT2D eigenvalue weighted by atomic mass is 79.9. The number of nitrogens with zero attached hydrogens (tertiary/aromatic N) is 2. The first-order chi connectivity index (χ1) is 13.6. The Morgan fingerprint density at radius 1 is 0.643 bits per heavy atom. The van der Waals surface area contributed by atoms with Gasteiger partial charge in [0.1, 0.15) is 5.78 Å². The zero-order valence-electron chi connectivity index (χ0n) is 16.0. The van der Waals surface area contributed by atoms with Gasteiger partial charge in [-0.25, -0.2) is 0 Å². The lowest BCUT2D eigenvalue weighted by Gasteiger charge is -2.37. The average molecular weight is 506 g/mol. The van der Waals surface area contributed by atoms with E-state index >= 15 is 0 Å². The maximum absolute atomic E-state index is 13.1. The summed E-state index contributed by atoms with van der Waals surface area (Å²) in [5, 5.41) is 0. The van der Waals surface area contributed by atoms with Gasteiger partial charge in [-0.05, 0) is 74.2 Å². The highest BCUT2D eigenvalue weighted by Gasteiger charge is 2.32. The van der Waals surface area contributed by atoms with E-state index in [0.717, 1.165) is 60.8 Å². The molecule has 0 atom stereocenters. The van der Waals surface area contributed by atoms with Crippen LogP contribution in [-0.2, 0) is 4.79 Å². The fraction of sp³-hybridized carbons (Fsp3) is 0.435. The second-order valence-electron chi connectivity index (χ2n) is 7.88. The van der Waals surface area contributed by atoms with Gasteiger partial charge in [-0.3, -0.25) is 4.79 Å². The summed E-state index contributed by atoms with van der Waals surface area (Å²) >= 11 is 6.99. The van der Waals surface area contributed by atoms with Gasteiger partial charge in [0.25, 0.3) is 0 Å². The minimum Gasteiger partial charge on any atom is -0.371 e. The fourth-order valence-corrected chi connectivity index (χ4v) is 5.01. The summed E-state index contributed by atoms with van der Waals surface area (Å²) in [6, 6.07) is 17.0. The van der Waals surface area contributed by atoms with Crippen LogP contribution in [0.15, 0.2) is 57.5 Å². The molecular formula is C23H26Br2N2O. The molecule has 4 rings (SSSR count). The first-order valence-corrected chi connectivity index (χ1v) is 11.7. The van der Waals surface area contributed by atoms with Crippen LogP contribution in [0.1, 0.15) is 25.7 Å². The monoisotopic (exact) mass is 504 g/mol. The van der Waals surface area contributed by atoms with Crippen molar-refractivity contribution in [3.8, 4) is 0 Å². The molecule has 2 aromatic rings. The summed E-state index contributed by atoms with van der Waals surface area (Å²) in [7, 11) is 0. The van der Waals surface area contributed by atoms with Crippen molar-refractivity contribution in [3.63, 3.8) is 0 Å². The highest BCUT2D eigenvalue weighted by Crippen LogP contribution is 2.31. The Morgan fingerprint density at radius 2 is 0.964 bits per heavy atom. The van der Waals surface area contributed by atoms with E-state index in [2.05, 4.69) is 90.2 Å². The summed E-state index contributed by atoms with van der Waals surface area (Å²) in [6.07, 6.45) is 3.95. The zero-order chi connectivity index (χ0) is 19.5. The van der Waals surface area contributed by atoms with Crippen LogP contribution in [0.2, 0.25) is 0 Å². The van der Waals surface area contributed by atoms with Crippen LogP contribution in [-0.4, -0.2) is 32.0 Å². The lowest BCUT2D eigenvalue weighted by Crippen LogP contribution is -2.41. The maximum Gasteiger partial charge on any atom is 0.139 e. The van der Waals surface area contributed by atoms with Crippen molar-refractivity contribution in [2.45, 2.75) is 25.7 Å². The topological polar surface area (TPSA) is 23.6 Å². The van der Waals surface area contributed by atoms with Crippen molar-refractivity contribution in [2.24, 2.45) is 11.8 Å². The molecule has 0 spiro atoms.